The van der Waals surface area contributed by atoms with Gasteiger partial charge in [0.25, 0.3) is 0 Å². The molecular formula is C13H22F2O2. The van der Waals surface area contributed by atoms with Crippen LogP contribution in [0.25, 0.3) is 0 Å². The number of allylic oxidation sites excluding steroid dienone is 1. The van der Waals surface area contributed by atoms with E-state index >= 15 is 0 Å². The SMILES string of the molecule is C/C=C(\C)C(O)C(F)(F)C(=O)CCCCCC. The molecule has 1 unspecified atom stereocenters. The first-order valence-corrected chi connectivity index (χ1v) is 6.09. The number of aliphatic hydroxyl groups is 1. The second kappa shape index (κ2) is 7.54. The van der Waals surface area contributed by atoms with Gasteiger partial charge in [-0.15, -0.1) is 0 Å². The third-order valence-corrected chi connectivity index (χ3v) is 2.86. The minimum atomic E-state index is -3.66. The first kappa shape index (κ1) is 16.2. The Morgan fingerprint density at radius 3 is 2.41 bits per heavy atom. The molecule has 0 aliphatic carbocycles. The van der Waals surface area contributed by atoms with Gasteiger partial charge in [-0.2, -0.15) is 8.78 Å². The summed E-state index contributed by atoms with van der Waals surface area (Å²) in [4.78, 5) is 11.4. The molecule has 0 saturated carbocycles. The van der Waals surface area contributed by atoms with E-state index in [0.717, 1.165) is 19.3 Å². The van der Waals surface area contributed by atoms with Crippen LogP contribution in [0.2, 0.25) is 0 Å². The van der Waals surface area contributed by atoms with Crippen molar-refractivity contribution in [2.75, 3.05) is 0 Å². The predicted octanol–water partition coefficient (Wildman–Crippen LogP) is 3.49. The molecule has 1 N–H and O–H groups in total. The molecule has 0 heterocycles. The molecule has 0 aromatic carbocycles. The van der Waals surface area contributed by atoms with Crippen LogP contribution in [0, 0.1) is 0 Å². The van der Waals surface area contributed by atoms with Gasteiger partial charge in [0, 0.05) is 6.42 Å². The van der Waals surface area contributed by atoms with E-state index in [2.05, 4.69) is 0 Å². The van der Waals surface area contributed by atoms with Crippen molar-refractivity contribution in [1.82, 2.24) is 0 Å². The van der Waals surface area contributed by atoms with Crippen LogP contribution in [0.5, 0.6) is 0 Å². The highest BCUT2D eigenvalue weighted by Gasteiger charge is 2.45. The number of carbonyl (C=O) groups excluding carboxylic acids is 1. The number of ketones is 1. The lowest BCUT2D eigenvalue weighted by atomic mass is 9.98. The Labute approximate surface area is 102 Å². The smallest absolute Gasteiger partial charge is 0.334 e. The maximum absolute atomic E-state index is 13.5. The summed E-state index contributed by atoms with van der Waals surface area (Å²) in [6.07, 6.45) is 2.40. The van der Waals surface area contributed by atoms with E-state index in [-0.39, 0.29) is 12.0 Å². The van der Waals surface area contributed by atoms with Crippen LogP contribution in [-0.2, 0) is 4.79 Å². The third kappa shape index (κ3) is 4.94. The number of rotatable bonds is 8. The molecule has 17 heavy (non-hydrogen) atoms. The van der Waals surface area contributed by atoms with Crippen molar-refractivity contribution in [3.63, 3.8) is 0 Å². The van der Waals surface area contributed by atoms with Crippen LogP contribution in [0.1, 0.15) is 52.9 Å². The maximum atomic E-state index is 13.5. The van der Waals surface area contributed by atoms with Gasteiger partial charge in [0.05, 0.1) is 0 Å². The lowest BCUT2D eigenvalue weighted by Crippen LogP contribution is -2.42. The number of carbonyl (C=O) groups is 1. The fourth-order valence-electron chi connectivity index (χ4n) is 1.48. The van der Waals surface area contributed by atoms with Gasteiger partial charge in [0.2, 0.25) is 5.78 Å². The van der Waals surface area contributed by atoms with Crippen molar-refractivity contribution in [1.29, 1.82) is 0 Å². The molecule has 0 aliphatic rings. The summed E-state index contributed by atoms with van der Waals surface area (Å²) < 4.78 is 27.0. The largest absolute Gasteiger partial charge is 0.382 e. The van der Waals surface area contributed by atoms with E-state index in [0.29, 0.717) is 6.42 Å². The summed E-state index contributed by atoms with van der Waals surface area (Å²) in [6.45, 7) is 4.96. The molecule has 2 nitrogen and oxygen atoms in total. The predicted molar refractivity (Wildman–Crippen MR) is 64.2 cm³/mol. The summed E-state index contributed by atoms with van der Waals surface area (Å²) in [5.41, 5.74) is 0.122. The van der Waals surface area contributed by atoms with Gasteiger partial charge in [0.1, 0.15) is 6.10 Å². The lowest BCUT2D eigenvalue weighted by molar-refractivity contribution is -0.156. The molecule has 0 amide bonds. The Morgan fingerprint density at radius 2 is 1.94 bits per heavy atom. The van der Waals surface area contributed by atoms with Crippen molar-refractivity contribution in [2.45, 2.75) is 64.9 Å². The summed E-state index contributed by atoms with van der Waals surface area (Å²) in [5, 5.41) is 9.38. The molecule has 0 radical (unpaired) electrons. The zero-order chi connectivity index (χ0) is 13.5. The van der Waals surface area contributed by atoms with Crippen LogP contribution >= 0.6 is 0 Å². The Morgan fingerprint density at radius 1 is 1.35 bits per heavy atom. The average Bonchev–Trinajstić information content (AvgIpc) is 2.32. The molecule has 0 saturated heterocycles. The van der Waals surface area contributed by atoms with Gasteiger partial charge in [-0.1, -0.05) is 32.3 Å². The Hall–Kier alpha value is -0.770. The normalized spacial score (nSPS) is 14.8. The second-order valence-electron chi connectivity index (χ2n) is 4.29. The number of hydrogen-bond donors (Lipinski definition) is 1. The molecule has 0 bridgehead atoms. The lowest BCUT2D eigenvalue weighted by Gasteiger charge is -2.21. The molecule has 0 spiro atoms. The van der Waals surface area contributed by atoms with Crippen LogP contribution in [0.15, 0.2) is 11.6 Å². The summed E-state index contributed by atoms with van der Waals surface area (Å²) in [7, 11) is 0. The van der Waals surface area contributed by atoms with E-state index in [1.54, 1.807) is 6.92 Å². The van der Waals surface area contributed by atoms with Gasteiger partial charge >= 0.3 is 5.92 Å². The van der Waals surface area contributed by atoms with Crippen LogP contribution in [0.3, 0.4) is 0 Å². The standard InChI is InChI=1S/C13H22F2O2/c1-4-6-7-8-9-11(16)13(14,15)12(17)10(3)5-2/h5,12,17H,4,6-9H2,1-3H3/b10-5+. The summed E-state index contributed by atoms with van der Waals surface area (Å²) in [5.74, 6) is -4.83. The van der Waals surface area contributed by atoms with E-state index in [9.17, 15) is 18.7 Å². The molecule has 1 atom stereocenters. The number of Topliss-reactive ketones (excluding diaryl/α,β-unsaturated/α-hetero) is 1. The molecule has 0 aliphatic heterocycles. The quantitative estimate of drug-likeness (QED) is 0.527. The summed E-state index contributed by atoms with van der Waals surface area (Å²) >= 11 is 0. The third-order valence-electron chi connectivity index (χ3n) is 2.86. The van der Waals surface area contributed by atoms with Crippen molar-refractivity contribution in [2.24, 2.45) is 0 Å². The van der Waals surface area contributed by atoms with E-state index < -0.39 is 17.8 Å². The molecular weight excluding hydrogens is 226 g/mol. The fourth-order valence-corrected chi connectivity index (χ4v) is 1.48. The highest BCUT2D eigenvalue weighted by Crippen LogP contribution is 2.27. The molecule has 0 rings (SSSR count). The van der Waals surface area contributed by atoms with E-state index in [1.807, 2.05) is 6.92 Å². The molecule has 0 aromatic heterocycles. The highest BCUT2D eigenvalue weighted by atomic mass is 19.3. The second-order valence-corrected chi connectivity index (χ2v) is 4.29. The number of halogens is 2. The molecule has 0 aromatic rings. The maximum Gasteiger partial charge on any atom is 0.334 e. The average molecular weight is 248 g/mol. The number of aliphatic hydroxyl groups excluding tert-OH is 1. The Balaban J connectivity index is 4.34. The van der Waals surface area contributed by atoms with Crippen molar-refractivity contribution >= 4 is 5.78 Å². The van der Waals surface area contributed by atoms with Gasteiger partial charge in [-0.25, -0.2) is 0 Å². The first-order chi connectivity index (χ1) is 7.87. The minimum absolute atomic E-state index is 0.122. The Kier molecular flexibility index (Phi) is 7.19. The Bertz CT molecular complexity index is 273. The molecule has 4 heteroatoms. The van der Waals surface area contributed by atoms with Crippen molar-refractivity contribution in [3.8, 4) is 0 Å². The zero-order valence-corrected chi connectivity index (χ0v) is 10.8. The number of hydrogen-bond acceptors (Lipinski definition) is 2. The molecule has 100 valence electrons. The zero-order valence-electron chi connectivity index (χ0n) is 10.8. The topological polar surface area (TPSA) is 37.3 Å². The van der Waals surface area contributed by atoms with E-state index in [4.69, 9.17) is 0 Å². The first-order valence-electron chi connectivity index (χ1n) is 6.09. The highest BCUT2D eigenvalue weighted by molar-refractivity contribution is 5.86. The van der Waals surface area contributed by atoms with Crippen molar-refractivity contribution in [3.05, 3.63) is 11.6 Å². The van der Waals surface area contributed by atoms with E-state index in [1.165, 1.54) is 13.0 Å². The summed E-state index contributed by atoms with van der Waals surface area (Å²) in [6, 6.07) is 0. The van der Waals surface area contributed by atoms with Crippen LogP contribution < -0.4 is 0 Å². The number of unbranched alkanes of at least 4 members (excludes halogenated alkanes) is 3. The minimum Gasteiger partial charge on any atom is -0.382 e. The van der Waals surface area contributed by atoms with Gasteiger partial charge in [0.15, 0.2) is 0 Å². The van der Waals surface area contributed by atoms with Gasteiger partial charge < -0.3 is 5.11 Å². The number of alkyl halides is 2. The molecule has 0 fully saturated rings. The van der Waals surface area contributed by atoms with Gasteiger partial charge in [-0.05, 0) is 25.8 Å². The van der Waals surface area contributed by atoms with Crippen LogP contribution in [-0.4, -0.2) is 22.9 Å². The monoisotopic (exact) mass is 248 g/mol. The fraction of sp³-hybridized carbons (Fsp3) is 0.769. The van der Waals surface area contributed by atoms with Crippen molar-refractivity contribution < 1.29 is 18.7 Å². The van der Waals surface area contributed by atoms with Gasteiger partial charge in [-0.3, -0.25) is 4.79 Å². The van der Waals surface area contributed by atoms with Crippen LogP contribution in [0.4, 0.5) is 8.78 Å².